The second-order valence-corrected chi connectivity index (χ2v) is 13.6. The van der Waals surface area contributed by atoms with Gasteiger partial charge < -0.3 is 0 Å². The Morgan fingerprint density at radius 2 is 1.65 bits per heavy atom. The molecule has 0 heterocycles. The summed E-state index contributed by atoms with van der Waals surface area (Å²) in [6.07, 6.45) is 15.8. The summed E-state index contributed by atoms with van der Waals surface area (Å²) in [5.41, 5.74) is 0.989. The minimum Gasteiger partial charge on any atom is -0.133 e. The Hall–Kier alpha value is 0.0200. The lowest BCUT2D eigenvalue weighted by Gasteiger charge is -2.61. The molecule has 4 aliphatic rings. The van der Waals surface area contributed by atoms with Crippen LogP contribution in [-0.4, -0.2) is 11.0 Å². The first-order valence-corrected chi connectivity index (χ1v) is 14.6. The van der Waals surface area contributed by atoms with Crippen molar-refractivity contribution in [3.63, 3.8) is 0 Å². The Balaban J connectivity index is 1.43. The van der Waals surface area contributed by atoms with Crippen LogP contribution in [0.1, 0.15) is 112 Å². The van der Waals surface area contributed by atoms with Crippen molar-refractivity contribution in [2.24, 2.45) is 52.3 Å². The van der Waals surface area contributed by atoms with Crippen LogP contribution < -0.4 is 0 Å². The highest BCUT2D eigenvalue weighted by atomic mass is 31.1. The normalized spacial score (nSPS) is 46.2. The molecule has 1 N–H and O–H groups in total. The lowest BCUT2D eigenvalue weighted by molar-refractivity contribution is -0.127. The molecule has 4 fully saturated rings. The van der Waals surface area contributed by atoms with Crippen LogP contribution >= 0.6 is 8.25 Å². The fourth-order valence-corrected chi connectivity index (χ4v) is 9.91. The first kappa shape index (κ1) is 24.2. The minimum atomic E-state index is -2.46. The molecule has 0 aromatic heterocycles. The molecule has 0 spiro atoms. The Kier molecular flexibility index (Phi) is 7.28. The summed E-state index contributed by atoms with van der Waals surface area (Å²) < 4.78 is 16.6. The van der Waals surface area contributed by atoms with Gasteiger partial charge in [0.25, 0.3) is 0 Å². The lowest BCUT2D eigenvalue weighted by Crippen LogP contribution is -2.54. The molecule has 4 heteroatoms. The van der Waals surface area contributed by atoms with Crippen molar-refractivity contribution in [1.29, 1.82) is 0 Å². The summed E-state index contributed by atoms with van der Waals surface area (Å²) in [5, 5.41) is 0. The van der Waals surface area contributed by atoms with E-state index in [1.807, 2.05) is 0 Å². The second-order valence-electron chi connectivity index (χ2n) is 12.9. The molecule has 10 atom stereocenters. The monoisotopic (exact) mass is 451 g/mol. The van der Waals surface area contributed by atoms with Gasteiger partial charge in [-0.15, -0.1) is 9.42 Å². The van der Waals surface area contributed by atoms with E-state index >= 15 is 0 Å². The van der Waals surface area contributed by atoms with Gasteiger partial charge in [-0.3, -0.25) is 0 Å². The van der Waals surface area contributed by atoms with E-state index in [0.29, 0.717) is 16.7 Å². The average molecular weight is 452 g/mol. The molecule has 0 aromatic carbocycles. The highest BCUT2D eigenvalue weighted by Crippen LogP contribution is 2.68. The summed E-state index contributed by atoms with van der Waals surface area (Å²) in [6.45, 7) is 12.5. The van der Waals surface area contributed by atoms with Crippen LogP contribution in [0.15, 0.2) is 0 Å². The van der Waals surface area contributed by atoms with Crippen molar-refractivity contribution in [2.75, 3.05) is 0 Å². The molecule has 3 unspecified atom stereocenters. The van der Waals surface area contributed by atoms with Crippen molar-refractivity contribution in [3.8, 4) is 0 Å². The predicted molar refractivity (Wildman–Crippen MR) is 128 cm³/mol. The van der Waals surface area contributed by atoms with E-state index in [0.717, 1.165) is 48.3 Å². The summed E-state index contributed by atoms with van der Waals surface area (Å²) in [4.78, 5) is 9.22. The maximum absolute atomic E-state index is 11.2. The third-order valence-electron chi connectivity index (χ3n) is 11.1. The van der Waals surface area contributed by atoms with Gasteiger partial charge in [0.2, 0.25) is 0 Å². The fourth-order valence-electron chi connectivity index (χ4n) is 9.47. The number of rotatable bonds is 7. The first-order chi connectivity index (χ1) is 14.6. The van der Waals surface area contributed by atoms with E-state index < -0.39 is 8.25 Å². The van der Waals surface area contributed by atoms with Gasteiger partial charge >= 0.3 is 8.25 Å². The van der Waals surface area contributed by atoms with Crippen molar-refractivity contribution in [3.05, 3.63) is 0 Å². The molecule has 0 radical (unpaired) electrons. The molecule has 4 aliphatic carbocycles. The standard InChI is InChI=1S/C27H47O3P/c1-18(2)7-6-8-19(3)23-11-12-24-22-10-9-20-17-21(30-31(28)29)13-15-26(20,4)25(22)14-16-27(23,24)5/h18-25H,6-17H2,1-5H3/p+1/t19-,20+,21+,22?,23-,24?,25+,26+,27-/m1/s1. The fraction of sp³-hybridized carbons (Fsp3) is 1.00. The molecule has 4 saturated carbocycles. The predicted octanol–water partition coefficient (Wildman–Crippen LogP) is 8.14. The number of hydrogen-bond donors (Lipinski definition) is 1. The van der Waals surface area contributed by atoms with Crippen LogP contribution in [0.3, 0.4) is 0 Å². The zero-order chi connectivity index (χ0) is 22.4. The van der Waals surface area contributed by atoms with Gasteiger partial charge in [-0.05, 0) is 110 Å². The summed E-state index contributed by atoms with van der Waals surface area (Å²) in [6, 6.07) is 0. The van der Waals surface area contributed by atoms with Gasteiger partial charge in [0, 0.05) is 4.57 Å². The lowest BCUT2D eigenvalue weighted by atomic mass is 9.44. The van der Waals surface area contributed by atoms with Crippen LogP contribution in [0, 0.1) is 52.3 Å². The van der Waals surface area contributed by atoms with Crippen LogP contribution in [0.5, 0.6) is 0 Å². The maximum Gasteiger partial charge on any atom is 0.694 e. The Labute approximate surface area is 192 Å². The minimum absolute atomic E-state index is 0.000331. The zero-order valence-electron chi connectivity index (χ0n) is 20.8. The smallest absolute Gasteiger partial charge is 0.133 e. The Bertz CT molecular complexity index is 650. The third kappa shape index (κ3) is 4.54. The van der Waals surface area contributed by atoms with Gasteiger partial charge in [0.1, 0.15) is 6.10 Å². The third-order valence-corrected chi connectivity index (χ3v) is 11.5. The Morgan fingerprint density at radius 1 is 0.935 bits per heavy atom. The highest BCUT2D eigenvalue weighted by molar-refractivity contribution is 7.32. The molecule has 0 aliphatic heterocycles. The quantitative estimate of drug-likeness (QED) is 0.397. The van der Waals surface area contributed by atoms with E-state index in [-0.39, 0.29) is 6.10 Å². The Morgan fingerprint density at radius 3 is 2.35 bits per heavy atom. The SMILES string of the molecule is CC(C)CCC[C@@H](C)[C@H]1CCC2C3CC[C@H]4C[C@@H](O[P+](=O)O)CC[C@]4(C)[C@H]3CC[C@@]21C. The first-order valence-electron chi connectivity index (χ1n) is 13.5. The number of hydrogen-bond acceptors (Lipinski definition) is 2. The molecular formula is C27H48O3P+. The van der Waals surface area contributed by atoms with Crippen LogP contribution in [-0.2, 0) is 9.09 Å². The molecule has 3 nitrogen and oxygen atoms in total. The van der Waals surface area contributed by atoms with Crippen LogP contribution in [0.25, 0.3) is 0 Å². The van der Waals surface area contributed by atoms with Crippen molar-refractivity contribution < 1.29 is 14.0 Å². The van der Waals surface area contributed by atoms with Gasteiger partial charge in [-0.25, -0.2) is 0 Å². The summed E-state index contributed by atoms with van der Waals surface area (Å²) in [7, 11) is -2.46. The topological polar surface area (TPSA) is 46.5 Å². The van der Waals surface area contributed by atoms with E-state index in [2.05, 4.69) is 34.6 Å². The van der Waals surface area contributed by atoms with Crippen molar-refractivity contribution in [2.45, 2.75) is 118 Å². The molecule has 4 rings (SSSR count). The largest absolute Gasteiger partial charge is 0.694 e. The van der Waals surface area contributed by atoms with E-state index in [9.17, 15) is 9.46 Å². The molecule has 31 heavy (non-hydrogen) atoms. The van der Waals surface area contributed by atoms with E-state index in [1.165, 1.54) is 64.2 Å². The molecule has 0 aromatic rings. The van der Waals surface area contributed by atoms with E-state index in [1.54, 1.807) is 0 Å². The molecule has 0 saturated heterocycles. The highest BCUT2D eigenvalue weighted by Gasteiger charge is 2.60. The molecule has 0 amide bonds. The average Bonchev–Trinajstić information content (AvgIpc) is 3.05. The summed E-state index contributed by atoms with van der Waals surface area (Å²) in [5.74, 6) is 6.04. The molecule has 0 bridgehead atoms. The van der Waals surface area contributed by atoms with Gasteiger partial charge in [0.05, 0.1) is 0 Å². The van der Waals surface area contributed by atoms with Crippen molar-refractivity contribution >= 4 is 8.25 Å². The number of fused-ring (bicyclic) bond motifs is 5. The maximum atomic E-state index is 11.2. The van der Waals surface area contributed by atoms with Crippen LogP contribution in [0.4, 0.5) is 0 Å². The van der Waals surface area contributed by atoms with Gasteiger partial charge in [0.15, 0.2) is 0 Å². The van der Waals surface area contributed by atoms with Gasteiger partial charge in [-0.2, -0.15) is 0 Å². The zero-order valence-corrected chi connectivity index (χ0v) is 21.7. The summed E-state index contributed by atoms with van der Waals surface area (Å²) >= 11 is 0. The molecular weight excluding hydrogens is 403 g/mol. The molecule has 178 valence electrons. The van der Waals surface area contributed by atoms with E-state index in [4.69, 9.17) is 4.52 Å². The van der Waals surface area contributed by atoms with Gasteiger partial charge in [-0.1, -0.05) is 53.9 Å². The second kappa shape index (κ2) is 9.34. The van der Waals surface area contributed by atoms with Crippen LogP contribution in [0.2, 0.25) is 0 Å². The van der Waals surface area contributed by atoms with Crippen molar-refractivity contribution in [1.82, 2.24) is 0 Å².